The standard InChI is InChI=1S/C10H15N3O/c1-6-3-9(10(14-2)5-12-6)13-8-4-7(8)11/h3,5,7-8H,4,11H2,1-2H3,(H,12,13). The molecular formula is C10H15N3O. The lowest BCUT2D eigenvalue weighted by Gasteiger charge is -2.10. The second-order valence-electron chi connectivity index (χ2n) is 3.68. The van der Waals surface area contributed by atoms with E-state index in [1.807, 2.05) is 13.0 Å². The number of nitrogens with two attached hydrogens (primary N) is 1. The Morgan fingerprint density at radius 1 is 1.64 bits per heavy atom. The summed E-state index contributed by atoms with van der Waals surface area (Å²) in [6.45, 7) is 1.96. The largest absolute Gasteiger partial charge is 0.493 e. The minimum atomic E-state index is 0.285. The molecule has 0 spiro atoms. The van der Waals surface area contributed by atoms with Crippen molar-refractivity contribution >= 4 is 5.69 Å². The molecule has 1 fully saturated rings. The summed E-state index contributed by atoms with van der Waals surface area (Å²) in [6, 6.07) is 2.66. The molecule has 3 N–H and O–H groups in total. The van der Waals surface area contributed by atoms with Gasteiger partial charge >= 0.3 is 0 Å². The fraction of sp³-hybridized carbons (Fsp3) is 0.500. The second-order valence-corrected chi connectivity index (χ2v) is 3.68. The van der Waals surface area contributed by atoms with E-state index in [4.69, 9.17) is 10.5 Å². The zero-order chi connectivity index (χ0) is 10.1. The third kappa shape index (κ3) is 1.80. The van der Waals surface area contributed by atoms with Crippen molar-refractivity contribution in [2.24, 2.45) is 5.73 Å². The lowest BCUT2D eigenvalue weighted by Crippen LogP contribution is -2.13. The fourth-order valence-electron chi connectivity index (χ4n) is 1.40. The van der Waals surface area contributed by atoms with Gasteiger partial charge in [-0.25, -0.2) is 0 Å². The number of hydrogen-bond acceptors (Lipinski definition) is 4. The molecule has 4 heteroatoms. The number of nitrogens with one attached hydrogen (secondary N) is 1. The van der Waals surface area contributed by atoms with Gasteiger partial charge in [-0.15, -0.1) is 0 Å². The molecule has 2 rings (SSSR count). The van der Waals surface area contributed by atoms with Gasteiger partial charge in [0.1, 0.15) is 0 Å². The van der Waals surface area contributed by atoms with Crippen LogP contribution in [0.1, 0.15) is 12.1 Å². The quantitative estimate of drug-likeness (QED) is 0.749. The first-order chi connectivity index (χ1) is 6.70. The maximum atomic E-state index is 5.72. The Kier molecular flexibility index (Phi) is 2.29. The molecule has 0 bridgehead atoms. The second kappa shape index (κ2) is 3.46. The van der Waals surface area contributed by atoms with Crippen LogP contribution >= 0.6 is 0 Å². The molecule has 76 valence electrons. The van der Waals surface area contributed by atoms with E-state index in [1.165, 1.54) is 0 Å². The Morgan fingerprint density at radius 2 is 2.36 bits per heavy atom. The number of methoxy groups -OCH3 is 1. The van der Waals surface area contributed by atoms with Gasteiger partial charge in [-0.3, -0.25) is 4.98 Å². The number of hydrogen-bond donors (Lipinski definition) is 2. The van der Waals surface area contributed by atoms with Crippen LogP contribution in [0.5, 0.6) is 5.75 Å². The maximum Gasteiger partial charge on any atom is 0.160 e. The van der Waals surface area contributed by atoms with Crippen molar-refractivity contribution in [3.8, 4) is 5.75 Å². The van der Waals surface area contributed by atoms with Crippen LogP contribution in [0.25, 0.3) is 0 Å². The summed E-state index contributed by atoms with van der Waals surface area (Å²) in [4.78, 5) is 4.16. The highest BCUT2D eigenvalue weighted by Crippen LogP contribution is 2.29. The van der Waals surface area contributed by atoms with Crippen molar-refractivity contribution in [3.63, 3.8) is 0 Å². The van der Waals surface area contributed by atoms with Crippen LogP contribution < -0.4 is 15.8 Å². The average molecular weight is 193 g/mol. The first-order valence-electron chi connectivity index (χ1n) is 4.73. The predicted octanol–water partition coefficient (Wildman–Crippen LogP) is 0.910. The average Bonchev–Trinajstić information content (AvgIpc) is 2.82. The van der Waals surface area contributed by atoms with Gasteiger partial charge in [0.2, 0.25) is 0 Å². The Morgan fingerprint density at radius 3 is 2.93 bits per heavy atom. The number of aryl methyl sites for hydroxylation is 1. The number of rotatable bonds is 3. The summed E-state index contributed by atoms with van der Waals surface area (Å²) in [5.74, 6) is 0.773. The van der Waals surface area contributed by atoms with Gasteiger partial charge < -0.3 is 15.8 Å². The molecule has 2 atom stereocenters. The number of aromatic nitrogens is 1. The lowest BCUT2D eigenvalue weighted by atomic mass is 10.3. The van der Waals surface area contributed by atoms with Gasteiger partial charge in [0.05, 0.1) is 19.0 Å². The normalized spacial score (nSPS) is 24.5. The van der Waals surface area contributed by atoms with E-state index in [-0.39, 0.29) is 6.04 Å². The SMILES string of the molecule is COc1cnc(C)cc1NC1CC1N. The van der Waals surface area contributed by atoms with E-state index < -0.39 is 0 Å². The van der Waals surface area contributed by atoms with Crippen LogP contribution in [-0.4, -0.2) is 24.2 Å². The Hall–Kier alpha value is -1.29. The molecule has 1 aromatic heterocycles. The smallest absolute Gasteiger partial charge is 0.160 e. The molecule has 0 aliphatic heterocycles. The highest BCUT2D eigenvalue weighted by atomic mass is 16.5. The van der Waals surface area contributed by atoms with Crippen molar-refractivity contribution < 1.29 is 4.74 Å². The minimum Gasteiger partial charge on any atom is -0.493 e. The molecule has 0 aromatic carbocycles. The monoisotopic (exact) mass is 193 g/mol. The third-order valence-corrected chi connectivity index (χ3v) is 2.40. The highest BCUT2D eigenvalue weighted by molar-refractivity contribution is 5.57. The molecule has 1 aliphatic rings. The van der Waals surface area contributed by atoms with E-state index in [0.717, 1.165) is 23.6 Å². The fourth-order valence-corrected chi connectivity index (χ4v) is 1.40. The minimum absolute atomic E-state index is 0.285. The molecule has 2 unspecified atom stereocenters. The summed E-state index contributed by atoms with van der Waals surface area (Å²) in [7, 11) is 1.64. The Labute approximate surface area is 83.5 Å². The predicted molar refractivity (Wildman–Crippen MR) is 55.5 cm³/mol. The van der Waals surface area contributed by atoms with Gasteiger partial charge in [0.15, 0.2) is 5.75 Å². The van der Waals surface area contributed by atoms with Crippen molar-refractivity contribution in [2.75, 3.05) is 12.4 Å². The Balaban J connectivity index is 2.17. The van der Waals surface area contributed by atoms with E-state index in [1.54, 1.807) is 13.3 Å². The van der Waals surface area contributed by atoms with Crippen molar-refractivity contribution in [3.05, 3.63) is 18.0 Å². The van der Waals surface area contributed by atoms with Gasteiger partial charge in [0, 0.05) is 17.8 Å². The molecule has 1 saturated carbocycles. The maximum absolute atomic E-state index is 5.72. The molecule has 0 amide bonds. The number of nitrogens with zero attached hydrogens (tertiary/aromatic N) is 1. The molecule has 4 nitrogen and oxygen atoms in total. The van der Waals surface area contributed by atoms with Crippen LogP contribution in [0.2, 0.25) is 0 Å². The van der Waals surface area contributed by atoms with E-state index >= 15 is 0 Å². The number of anilines is 1. The molecule has 14 heavy (non-hydrogen) atoms. The van der Waals surface area contributed by atoms with Crippen molar-refractivity contribution in [2.45, 2.75) is 25.4 Å². The van der Waals surface area contributed by atoms with Crippen molar-refractivity contribution in [1.29, 1.82) is 0 Å². The van der Waals surface area contributed by atoms with Crippen LogP contribution in [-0.2, 0) is 0 Å². The van der Waals surface area contributed by atoms with Crippen LogP contribution in [0, 0.1) is 6.92 Å². The van der Waals surface area contributed by atoms with E-state index in [0.29, 0.717) is 6.04 Å². The van der Waals surface area contributed by atoms with Gasteiger partial charge in [0.25, 0.3) is 0 Å². The van der Waals surface area contributed by atoms with Gasteiger partial charge in [-0.1, -0.05) is 0 Å². The molecule has 1 heterocycles. The number of ether oxygens (including phenoxy) is 1. The molecule has 1 aliphatic carbocycles. The van der Waals surface area contributed by atoms with Gasteiger partial charge in [-0.2, -0.15) is 0 Å². The summed E-state index contributed by atoms with van der Waals surface area (Å²) >= 11 is 0. The zero-order valence-corrected chi connectivity index (χ0v) is 8.45. The molecular weight excluding hydrogens is 178 g/mol. The van der Waals surface area contributed by atoms with Crippen LogP contribution in [0.3, 0.4) is 0 Å². The zero-order valence-electron chi connectivity index (χ0n) is 8.45. The van der Waals surface area contributed by atoms with E-state index in [2.05, 4.69) is 10.3 Å². The Bertz CT molecular complexity index is 340. The molecule has 1 aromatic rings. The molecule has 0 radical (unpaired) electrons. The highest BCUT2D eigenvalue weighted by Gasteiger charge is 2.33. The number of pyridine rings is 1. The van der Waals surface area contributed by atoms with Crippen LogP contribution in [0.4, 0.5) is 5.69 Å². The summed E-state index contributed by atoms with van der Waals surface area (Å²) in [6.07, 6.45) is 2.76. The van der Waals surface area contributed by atoms with Crippen molar-refractivity contribution in [1.82, 2.24) is 4.98 Å². The summed E-state index contributed by atoms with van der Waals surface area (Å²) < 4.78 is 5.20. The van der Waals surface area contributed by atoms with Gasteiger partial charge in [-0.05, 0) is 19.4 Å². The lowest BCUT2D eigenvalue weighted by molar-refractivity contribution is 0.414. The topological polar surface area (TPSA) is 60.2 Å². The van der Waals surface area contributed by atoms with E-state index in [9.17, 15) is 0 Å². The summed E-state index contributed by atoms with van der Waals surface area (Å²) in [5.41, 5.74) is 7.68. The third-order valence-electron chi connectivity index (χ3n) is 2.40. The van der Waals surface area contributed by atoms with Crippen LogP contribution in [0.15, 0.2) is 12.3 Å². The first-order valence-corrected chi connectivity index (χ1v) is 4.73. The summed E-state index contributed by atoms with van der Waals surface area (Å²) in [5, 5.41) is 3.34. The molecule has 0 saturated heterocycles. The first kappa shape index (κ1) is 9.27.